The molecule has 1 aromatic carbocycles. The molecule has 0 saturated heterocycles. The summed E-state index contributed by atoms with van der Waals surface area (Å²) in [6.07, 6.45) is 1.12. The topological polar surface area (TPSA) is 74.7 Å². The molecule has 1 atom stereocenters. The third kappa shape index (κ3) is 4.77. The summed E-state index contributed by atoms with van der Waals surface area (Å²) in [4.78, 5) is 10.9. The van der Waals surface area contributed by atoms with E-state index in [-0.39, 0.29) is 16.8 Å². The van der Waals surface area contributed by atoms with E-state index in [0.717, 1.165) is 4.31 Å². The summed E-state index contributed by atoms with van der Waals surface area (Å²) < 4.78 is 25.7. The predicted octanol–water partition coefficient (Wildman–Crippen LogP) is 2.17. The van der Waals surface area contributed by atoms with Gasteiger partial charge in [0.1, 0.15) is 6.54 Å². The summed E-state index contributed by atoms with van der Waals surface area (Å²) in [5, 5.41) is 8.71. The Balaban J connectivity index is 2.95. The van der Waals surface area contributed by atoms with Crippen LogP contribution in [0.5, 0.6) is 0 Å². The number of halogens is 1. The van der Waals surface area contributed by atoms with Crippen molar-refractivity contribution in [2.75, 3.05) is 13.1 Å². The zero-order chi connectivity index (χ0) is 15.2. The second-order valence-electron chi connectivity index (χ2n) is 4.34. The van der Waals surface area contributed by atoms with Crippen LogP contribution in [0.2, 0.25) is 0 Å². The second kappa shape index (κ2) is 7.61. The number of aliphatic carboxylic acids is 1. The van der Waals surface area contributed by atoms with Gasteiger partial charge in [0, 0.05) is 11.9 Å². The van der Waals surface area contributed by atoms with Gasteiger partial charge in [0.15, 0.2) is 0 Å². The minimum atomic E-state index is -3.81. The van der Waals surface area contributed by atoms with Gasteiger partial charge in [-0.1, -0.05) is 25.1 Å². The number of benzene rings is 1. The van der Waals surface area contributed by atoms with Crippen molar-refractivity contribution in [3.05, 3.63) is 30.3 Å². The van der Waals surface area contributed by atoms with E-state index in [2.05, 4.69) is 0 Å². The van der Waals surface area contributed by atoms with E-state index in [4.69, 9.17) is 16.7 Å². The standard InChI is InChI=1S/C13H18ClNO4S/c1-2-11(14)8-9-15(10-13(16)17)20(18,19)12-6-4-3-5-7-12/h3-7,11H,2,8-10H2,1H3,(H,16,17). The molecular formula is C13H18ClNO4S. The van der Waals surface area contributed by atoms with Gasteiger partial charge in [-0.15, -0.1) is 11.6 Å². The van der Waals surface area contributed by atoms with Crippen LogP contribution in [-0.2, 0) is 14.8 Å². The first kappa shape index (κ1) is 16.9. The van der Waals surface area contributed by atoms with Crippen LogP contribution in [-0.4, -0.2) is 42.3 Å². The van der Waals surface area contributed by atoms with E-state index < -0.39 is 22.5 Å². The molecule has 0 bridgehead atoms. The summed E-state index contributed by atoms with van der Waals surface area (Å²) >= 11 is 5.97. The molecule has 1 N–H and O–H groups in total. The summed E-state index contributed by atoms with van der Waals surface area (Å²) in [5.74, 6) is -1.19. The zero-order valence-corrected chi connectivity index (χ0v) is 12.8. The molecule has 0 spiro atoms. The monoisotopic (exact) mass is 319 g/mol. The van der Waals surface area contributed by atoms with Gasteiger partial charge >= 0.3 is 5.97 Å². The first-order valence-corrected chi connectivity index (χ1v) is 8.16. The second-order valence-corrected chi connectivity index (χ2v) is 6.89. The highest BCUT2D eigenvalue weighted by molar-refractivity contribution is 7.89. The number of sulfonamides is 1. The fraction of sp³-hybridized carbons (Fsp3) is 0.462. The molecule has 1 unspecified atom stereocenters. The molecule has 20 heavy (non-hydrogen) atoms. The SMILES string of the molecule is CCC(Cl)CCN(CC(=O)O)S(=O)(=O)c1ccccc1. The van der Waals surface area contributed by atoms with E-state index >= 15 is 0 Å². The maximum atomic E-state index is 12.4. The highest BCUT2D eigenvalue weighted by atomic mass is 35.5. The molecule has 0 fully saturated rings. The van der Waals surface area contributed by atoms with E-state index in [9.17, 15) is 13.2 Å². The molecule has 0 aliphatic carbocycles. The van der Waals surface area contributed by atoms with Crippen molar-refractivity contribution in [1.82, 2.24) is 4.31 Å². The van der Waals surface area contributed by atoms with Crippen LogP contribution in [0.4, 0.5) is 0 Å². The lowest BCUT2D eigenvalue weighted by Gasteiger charge is -2.21. The molecule has 1 rings (SSSR count). The Labute approximate surface area is 124 Å². The lowest BCUT2D eigenvalue weighted by atomic mass is 10.2. The highest BCUT2D eigenvalue weighted by Gasteiger charge is 2.26. The van der Waals surface area contributed by atoms with Gasteiger partial charge < -0.3 is 5.11 Å². The maximum Gasteiger partial charge on any atom is 0.318 e. The Hall–Kier alpha value is -1.11. The molecule has 0 saturated carbocycles. The molecular weight excluding hydrogens is 302 g/mol. The number of hydrogen-bond acceptors (Lipinski definition) is 3. The normalized spacial score (nSPS) is 13.3. The van der Waals surface area contributed by atoms with Crippen LogP contribution in [0.25, 0.3) is 0 Å². The van der Waals surface area contributed by atoms with Crippen LogP contribution in [0.3, 0.4) is 0 Å². The number of alkyl halides is 1. The Morgan fingerprint density at radius 3 is 2.45 bits per heavy atom. The van der Waals surface area contributed by atoms with Crippen molar-refractivity contribution < 1.29 is 18.3 Å². The van der Waals surface area contributed by atoms with Crippen LogP contribution in [0.1, 0.15) is 19.8 Å². The van der Waals surface area contributed by atoms with E-state index in [0.29, 0.717) is 12.8 Å². The number of carboxylic acid groups (broad SMARTS) is 1. The van der Waals surface area contributed by atoms with Crippen LogP contribution < -0.4 is 0 Å². The largest absolute Gasteiger partial charge is 0.480 e. The van der Waals surface area contributed by atoms with Gasteiger partial charge in [-0.2, -0.15) is 4.31 Å². The Kier molecular flexibility index (Phi) is 6.45. The van der Waals surface area contributed by atoms with Crippen molar-refractivity contribution in [3.8, 4) is 0 Å². The fourth-order valence-corrected chi connectivity index (χ4v) is 3.19. The van der Waals surface area contributed by atoms with Crippen LogP contribution >= 0.6 is 11.6 Å². The Morgan fingerprint density at radius 1 is 1.35 bits per heavy atom. The Morgan fingerprint density at radius 2 is 1.95 bits per heavy atom. The quantitative estimate of drug-likeness (QED) is 0.745. The molecule has 0 heterocycles. The molecule has 1 aromatic rings. The van der Waals surface area contributed by atoms with Gasteiger partial charge in [-0.05, 0) is 25.0 Å². The number of hydrogen-bond donors (Lipinski definition) is 1. The molecule has 5 nitrogen and oxygen atoms in total. The number of carboxylic acids is 1. The smallest absolute Gasteiger partial charge is 0.318 e. The third-order valence-corrected chi connectivity index (χ3v) is 5.21. The summed E-state index contributed by atoms with van der Waals surface area (Å²) in [5.41, 5.74) is 0. The number of carbonyl (C=O) groups is 1. The summed E-state index contributed by atoms with van der Waals surface area (Å²) in [7, 11) is -3.81. The van der Waals surface area contributed by atoms with Crippen LogP contribution in [0, 0.1) is 0 Å². The fourth-order valence-electron chi connectivity index (χ4n) is 1.66. The lowest BCUT2D eigenvalue weighted by molar-refractivity contribution is -0.137. The maximum absolute atomic E-state index is 12.4. The minimum Gasteiger partial charge on any atom is -0.480 e. The number of nitrogens with zero attached hydrogens (tertiary/aromatic N) is 1. The zero-order valence-electron chi connectivity index (χ0n) is 11.2. The average Bonchev–Trinajstić information content (AvgIpc) is 2.43. The minimum absolute atomic E-state index is 0.0869. The molecule has 7 heteroatoms. The van der Waals surface area contributed by atoms with Crippen molar-refractivity contribution >= 4 is 27.6 Å². The first-order chi connectivity index (χ1) is 9.37. The van der Waals surface area contributed by atoms with Gasteiger partial charge in [0.2, 0.25) is 10.0 Å². The van der Waals surface area contributed by atoms with Crippen LogP contribution in [0.15, 0.2) is 35.2 Å². The lowest BCUT2D eigenvalue weighted by Crippen LogP contribution is -2.37. The molecule has 0 aliphatic rings. The Bertz CT molecular complexity index is 533. The van der Waals surface area contributed by atoms with Crippen molar-refractivity contribution in [3.63, 3.8) is 0 Å². The van der Waals surface area contributed by atoms with E-state index in [1.54, 1.807) is 18.2 Å². The van der Waals surface area contributed by atoms with Crippen molar-refractivity contribution in [2.24, 2.45) is 0 Å². The average molecular weight is 320 g/mol. The van der Waals surface area contributed by atoms with Crippen molar-refractivity contribution in [2.45, 2.75) is 30.0 Å². The van der Waals surface area contributed by atoms with Gasteiger partial charge in [-0.25, -0.2) is 8.42 Å². The molecule has 0 aromatic heterocycles. The molecule has 0 amide bonds. The van der Waals surface area contributed by atoms with Gasteiger partial charge in [0.05, 0.1) is 4.90 Å². The van der Waals surface area contributed by atoms with E-state index in [1.165, 1.54) is 12.1 Å². The molecule has 0 aliphatic heterocycles. The highest BCUT2D eigenvalue weighted by Crippen LogP contribution is 2.17. The molecule has 112 valence electrons. The van der Waals surface area contributed by atoms with E-state index in [1.807, 2.05) is 6.92 Å². The van der Waals surface area contributed by atoms with Crippen molar-refractivity contribution in [1.29, 1.82) is 0 Å². The predicted molar refractivity (Wildman–Crippen MR) is 77.4 cm³/mol. The summed E-state index contributed by atoms with van der Waals surface area (Å²) in [6.45, 7) is 1.42. The molecule has 0 radical (unpaired) electrons. The third-order valence-electron chi connectivity index (χ3n) is 2.83. The van der Waals surface area contributed by atoms with Gasteiger partial charge in [-0.3, -0.25) is 4.79 Å². The number of rotatable bonds is 8. The van der Waals surface area contributed by atoms with Gasteiger partial charge in [0.25, 0.3) is 0 Å². The summed E-state index contributed by atoms with van der Waals surface area (Å²) in [6, 6.07) is 7.79. The first-order valence-electron chi connectivity index (χ1n) is 6.29.